The van der Waals surface area contributed by atoms with E-state index in [2.05, 4.69) is 18.7 Å². The molecule has 1 aliphatic heterocycles. The lowest BCUT2D eigenvalue weighted by atomic mass is 9.83. The second kappa shape index (κ2) is 4.75. The van der Waals surface area contributed by atoms with Crippen LogP contribution in [0.4, 0.5) is 0 Å². The molecule has 0 N–H and O–H groups in total. The molecule has 1 aliphatic rings. The minimum absolute atomic E-state index is 0.0651. The molecule has 0 bridgehead atoms. The number of likely N-dealkylation sites (tertiary alicyclic amines) is 1. The van der Waals surface area contributed by atoms with Crippen molar-refractivity contribution in [2.24, 2.45) is 5.41 Å². The Hall–Kier alpha value is -0.370. The van der Waals surface area contributed by atoms with E-state index in [1.807, 2.05) is 0 Å². The van der Waals surface area contributed by atoms with Gasteiger partial charge in [0.05, 0.1) is 0 Å². The molecule has 0 spiro atoms. The topological polar surface area (TPSA) is 20.3 Å². The molecule has 0 aromatic heterocycles. The predicted molar refractivity (Wildman–Crippen MR) is 54.8 cm³/mol. The Labute approximate surface area is 81.3 Å². The standard InChI is InChI=1S/C11H21NO/c1-3-11(4-2,10-13)9-12-7-5-6-8-12/h10H,3-9H2,1-2H3. The highest BCUT2D eigenvalue weighted by Gasteiger charge is 2.29. The van der Waals surface area contributed by atoms with E-state index >= 15 is 0 Å². The third kappa shape index (κ3) is 2.53. The average molecular weight is 183 g/mol. The van der Waals surface area contributed by atoms with Crippen LogP contribution in [0.15, 0.2) is 0 Å². The molecule has 1 saturated heterocycles. The third-order valence-electron chi connectivity index (χ3n) is 3.40. The molecule has 1 fully saturated rings. The van der Waals surface area contributed by atoms with Gasteiger partial charge in [-0.2, -0.15) is 0 Å². The van der Waals surface area contributed by atoms with Crippen LogP contribution >= 0.6 is 0 Å². The van der Waals surface area contributed by atoms with Gasteiger partial charge in [-0.1, -0.05) is 13.8 Å². The van der Waals surface area contributed by atoms with Crippen LogP contribution in [0, 0.1) is 5.41 Å². The number of nitrogens with zero attached hydrogens (tertiary/aromatic N) is 1. The molecule has 0 amide bonds. The fourth-order valence-electron chi connectivity index (χ4n) is 2.06. The maximum absolute atomic E-state index is 11.1. The van der Waals surface area contributed by atoms with E-state index in [0.717, 1.165) is 19.4 Å². The van der Waals surface area contributed by atoms with Gasteiger partial charge < -0.3 is 9.69 Å². The molecule has 0 aliphatic carbocycles. The van der Waals surface area contributed by atoms with Crippen LogP contribution < -0.4 is 0 Å². The summed E-state index contributed by atoms with van der Waals surface area (Å²) >= 11 is 0. The Morgan fingerprint density at radius 3 is 2.15 bits per heavy atom. The first-order chi connectivity index (χ1) is 6.26. The van der Waals surface area contributed by atoms with Crippen molar-refractivity contribution in [1.82, 2.24) is 4.90 Å². The molecule has 0 aromatic rings. The summed E-state index contributed by atoms with van der Waals surface area (Å²) in [5.74, 6) is 0. The van der Waals surface area contributed by atoms with Crippen LogP contribution in [0.2, 0.25) is 0 Å². The molecule has 76 valence electrons. The lowest BCUT2D eigenvalue weighted by Crippen LogP contribution is -2.36. The molecular formula is C11H21NO. The average Bonchev–Trinajstić information content (AvgIpc) is 2.67. The Balaban J connectivity index is 2.49. The maximum Gasteiger partial charge on any atom is 0.127 e. The fraction of sp³-hybridized carbons (Fsp3) is 0.909. The summed E-state index contributed by atoms with van der Waals surface area (Å²) in [6.07, 6.45) is 5.74. The molecule has 2 nitrogen and oxygen atoms in total. The van der Waals surface area contributed by atoms with E-state index in [0.29, 0.717) is 0 Å². The van der Waals surface area contributed by atoms with E-state index in [1.54, 1.807) is 0 Å². The van der Waals surface area contributed by atoms with Crippen LogP contribution in [0.1, 0.15) is 39.5 Å². The van der Waals surface area contributed by atoms with Gasteiger partial charge in [0.2, 0.25) is 0 Å². The monoisotopic (exact) mass is 183 g/mol. The van der Waals surface area contributed by atoms with Crippen molar-refractivity contribution in [3.63, 3.8) is 0 Å². The van der Waals surface area contributed by atoms with Crippen molar-refractivity contribution in [2.75, 3.05) is 19.6 Å². The summed E-state index contributed by atoms with van der Waals surface area (Å²) < 4.78 is 0. The van der Waals surface area contributed by atoms with Gasteiger partial charge in [-0.3, -0.25) is 0 Å². The predicted octanol–water partition coefficient (Wildman–Crippen LogP) is 2.09. The van der Waals surface area contributed by atoms with Crippen LogP contribution in [-0.2, 0) is 4.79 Å². The van der Waals surface area contributed by atoms with Gasteiger partial charge in [-0.15, -0.1) is 0 Å². The fourth-order valence-corrected chi connectivity index (χ4v) is 2.06. The first-order valence-electron chi connectivity index (χ1n) is 5.45. The van der Waals surface area contributed by atoms with Crippen molar-refractivity contribution in [2.45, 2.75) is 39.5 Å². The first-order valence-corrected chi connectivity index (χ1v) is 5.45. The molecule has 0 radical (unpaired) electrons. The summed E-state index contributed by atoms with van der Waals surface area (Å²) in [4.78, 5) is 13.5. The maximum atomic E-state index is 11.1. The Morgan fingerprint density at radius 2 is 1.77 bits per heavy atom. The summed E-state index contributed by atoms with van der Waals surface area (Å²) in [6.45, 7) is 7.59. The van der Waals surface area contributed by atoms with Crippen LogP contribution in [0.5, 0.6) is 0 Å². The van der Waals surface area contributed by atoms with Crippen molar-refractivity contribution in [1.29, 1.82) is 0 Å². The zero-order valence-corrected chi connectivity index (χ0v) is 8.88. The molecule has 0 saturated carbocycles. The molecule has 13 heavy (non-hydrogen) atoms. The molecular weight excluding hydrogens is 162 g/mol. The van der Waals surface area contributed by atoms with Crippen molar-refractivity contribution in [3.8, 4) is 0 Å². The van der Waals surface area contributed by atoms with Gasteiger partial charge in [0, 0.05) is 12.0 Å². The molecule has 0 aromatic carbocycles. The summed E-state index contributed by atoms with van der Waals surface area (Å²) in [7, 11) is 0. The normalized spacial score (nSPS) is 19.2. The number of hydrogen-bond donors (Lipinski definition) is 0. The summed E-state index contributed by atoms with van der Waals surface area (Å²) in [6, 6.07) is 0. The van der Waals surface area contributed by atoms with Gasteiger partial charge in [0.1, 0.15) is 6.29 Å². The lowest BCUT2D eigenvalue weighted by Gasteiger charge is -2.30. The van der Waals surface area contributed by atoms with E-state index in [9.17, 15) is 4.79 Å². The number of aldehydes is 1. The van der Waals surface area contributed by atoms with Crippen molar-refractivity contribution < 1.29 is 4.79 Å². The number of carbonyl (C=O) groups excluding carboxylic acids is 1. The summed E-state index contributed by atoms with van der Waals surface area (Å²) in [5, 5.41) is 0. The highest BCUT2D eigenvalue weighted by molar-refractivity contribution is 5.59. The SMILES string of the molecule is CCC(C=O)(CC)CN1CCCC1. The van der Waals surface area contributed by atoms with Gasteiger partial charge in [-0.25, -0.2) is 0 Å². The lowest BCUT2D eigenvalue weighted by molar-refractivity contribution is -0.117. The number of rotatable bonds is 5. The molecule has 0 unspecified atom stereocenters. The Bertz CT molecular complexity index is 157. The van der Waals surface area contributed by atoms with Crippen LogP contribution in [0.25, 0.3) is 0 Å². The van der Waals surface area contributed by atoms with Crippen molar-refractivity contribution >= 4 is 6.29 Å². The highest BCUT2D eigenvalue weighted by atomic mass is 16.1. The quantitative estimate of drug-likeness (QED) is 0.608. The van der Waals surface area contributed by atoms with E-state index in [4.69, 9.17) is 0 Å². The smallest absolute Gasteiger partial charge is 0.127 e. The van der Waals surface area contributed by atoms with Gasteiger partial charge in [0.25, 0.3) is 0 Å². The van der Waals surface area contributed by atoms with Crippen molar-refractivity contribution in [3.05, 3.63) is 0 Å². The highest BCUT2D eigenvalue weighted by Crippen LogP contribution is 2.26. The van der Waals surface area contributed by atoms with Gasteiger partial charge >= 0.3 is 0 Å². The first kappa shape index (κ1) is 10.7. The van der Waals surface area contributed by atoms with Crippen LogP contribution in [0.3, 0.4) is 0 Å². The number of hydrogen-bond acceptors (Lipinski definition) is 2. The van der Waals surface area contributed by atoms with Crippen LogP contribution in [-0.4, -0.2) is 30.8 Å². The minimum atomic E-state index is -0.0651. The molecule has 1 heterocycles. The zero-order chi connectivity index (χ0) is 9.73. The largest absolute Gasteiger partial charge is 0.303 e. The second-order valence-corrected chi connectivity index (χ2v) is 4.17. The van der Waals surface area contributed by atoms with E-state index in [-0.39, 0.29) is 5.41 Å². The Kier molecular flexibility index (Phi) is 3.91. The Morgan fingerprint density at radius 1 is 1.23 bits per heavy atom. The minimum Gasteiger partial charge on any atom is -0.303 e. The molecule has 0 atom stereocenters. The van der Waals surface area contributed by atoms with E-state index < -0.39 is 0 Å². The zero-order valence-electron chi connectivity index (χ0n) is 8.88. The third-order valence-corrected chi connectivity index (χ3v) is 3.40. The van der Waals surface area contributed by atoms with Gasteiger partial charge in [-0.05, 0) is 38.8 Å². The summed E-state index contributed by atoms with van der Waals surface area (Å²) in [5.41, 5.74) is -0.0651. The van der Waals surface area contributed by atoms with E-state index in [1.165, 1.54) is 32.2 Å². The van der Waals surface area contributed by atoms with Gasteiger partial charge in [0.15, 0.2) is 0 Å². The molecule has 1 rings (SSSR count). The molecule has 2 heteroatoms. The number of carbonyl (C=O) groups is 1. The second-order valence-electron chi connectivity index (χ2n) is 4.17.